The molecule has 1 heterocycles. The summed E-state index contributed by atoms with van der Waals surface area (Å²) in [6, 6.07) is 4.07. The van der Waals surface area contributed by atoms with E-state index >= 15 is 0 Å². The van der Waals surface area contributed by atoms with Gasteiger partial charge in [-0.05, 0) is 12.1 Å². The van der Waals surface area contributed by atoms with Crippen molar-refractivity contribution in [2.24, 2.45) is 0 Å². The summed E-state index contributed by atoms with van der Waals surface area (Å²) in [5, 5.41) is 0. The van der Waals surface area contributed by atoms with E-state index in [1.54, 1.807) is 0 Å². The van der Waals surface area contributed by atoms with Gasteiger partial charge in [-0.2, -0.15) is 0 Å². The van der Waals surface area contributed by atoms with Crippen molar-refractivity contribution in [2.75, 3.05) is 30.5 Å². The molecule has 18 heavy (non-hydrogen) atoms. The van der Waals surface area contributed by atoms with Crippen molar-refractivity contribution in [1.29, 1.82) is 0 Å². The van der Waals surface area contributed by atoms with Crippen LogP contribution in [0.25, 0.3) is 0 Å². The molecule has 4 nitrogen and oxygen atoms in total. The van der Waals surface area contributed by atoms with E-state index in [0.29, 0.717) is 12.5 Å². The molecule has 2 rings (SSSR count). The molecule has 1 aliphatic heterocycles. The lowest BCUT2D eigenvalue weighted by atomic mass is 10.1. The first-order valence-corrected chi connectivity index (χ1v) is 5.98. The highest BCUT2D eigenvalue weighted by Crippen LogP contribution is 2.31. The van der Waals surface area contributed by atoms with Gasteiger partial charge >= 0.3 is 0 Å². The van der Waals surface area contributed by atoms with E-state index in [-0.39, 0.29) is 24.4 Å². The average Bonchev–Trinajstić information content (AvgIpc) is 2.61. The maximum Gasteiger partial charge on any atom is 0.299 e. The summed E-state index contributed by atoms with van der Waals surface area (Å²) in [7, 11) is 0. The first kappa shape index (κ1) is 13.0. The van der Waals surface area contributed by atoms with Gasteiger partial charge in [0.25, 0.3) is 11.7 Å². The van der Waals surface area contributed by atoms with Gasteiger partial charge < -0.3 is 4.74 Å². The number of halogens is 2. The molecule has 0 saturated carbocycles. The van der Waals surface area contributed by atoms with Gasteiger partial charge in [0.05, 0.1) is 24.5 Å². The highest BCUT2D eigenvalue weighted by atomic mass is 35.5. The molecular weight excluding hydrogens is 261 g/mol. The highest BCUT2D eigenvalue weighted by molar-refractivity contribution is 6.52. The second-order valence-electron chi connectivity index (χ2n) is 3.72. The maximum absolute atomic E-state index is 13.7. The van der Waals surface area contributed by atoms with E-state index in [0.717, 1.165) is 4.90 Å². The minimum atomic E-state index is -0.718. The Balaban J connectivity index is 2.17. The first-order valence-electron chi connectivity index (χ1n) is 5.45. The van der Waals surface area contributed by atoms with Gasteiger partial charge in [-0.15, -0.1) is 11.6 Å². The number of ketones is 1. The molecule has 1 aromatic carbocycles. The zero-order valence-electron chi connectivity index (χ0n) is 9.49. The van der Waals surface area contributed by atoms with Gasteiger partial charge in [-0.25, -0.2) is 4.39 Å². The fraction of sp³-hybridized carbons (Fsp3) is 0.333. The quantitative estimate of drug-likeness (QED) is 0.464. The molecule has 0 unspecified atom stereocenters. The molecular formula is C12H11ClFNO3. The molecule has 0 fully saturated rings. The summed E-state index contributed by atoms with van der Waals surface area (Å²) in [6.45, 7) is 0.691. The van der Waals surface area contributed by atoms with E-state index in [4.69, 9.17) is 16.3 Å². The van der Waals surface area contributed by atoms with Gasteiger partial charge in [0.15, 0.2) is 0 Å². The first-order chi connectivity index (χ1) is 8.66. The van der Waals surface area contributed by atoms with Crippen LogP contribution in [0, 0.1) is 5.82 Å². The highest BCUT2D eigenvalue weighted by Gasteiger charge is 2.37. The molecule has 6 heteroatoms. The predicted octanol–water partition coefficient (Wildman–Crippen LogP) is 1.61. The number of benzene rings is 1. The van der Waals surface area contributed by atoms with Crippen LogP contribution in [-0.4, -0.2) is 37.3 Å². The third kappa shape index (κ3) is 2.23. The Morgan fingerprint density at radius 2 is 2.06 bits per heavy atom. The van der Waals surface area contributed by atoms with Crippen molar-refractivity contribution in [2.45, 2.75) is 0 Å². The van der Waals surface area contributed by atoms with Gasteiger partial charge in [0.2, 0.25) is 0 Å². The SMILES string of the molecule is O=C1C(=O)N(CCOCCCl)c2c(F)cccc21. The standard InChI is InChI=1S/C12H11ClFNO3/c13-4-6-18-7-5-15-10-8(11(16)12(15)17)2-1-3-9(10)14/h1-3H,4-7H2. The second-order valence-corrected chi connectivity index (χ2v) is 4.10. The number of fused-ring (bicyclic) bond motifs is 1. The number of anilines is 1. The third-order valence-corrected chi connectivity index (χ3v) is 2.78. The van der Waals surface area contributed by atoms with Crippen LogP contribution < -0.4 is 4.90 Å². The molecule has 0 aromatic heterocycles. The van der Waals surface area contributed by atoms with Gasteiger partial charge in [-0.3, -0.25) is 14.5 Å². The molecule has 0 aliphatic carbocycles. The summed E-state index contributed by atoms with van der Waals surface area (Å²) in [5.41, 5.74) is 0.152. The number of ether oxygens (including phenoxy) is 1. The maximum atomic E-state index is 13.7. The Hall–Kier alpha value is -1.46. The normalized spacial score (nSPS) is 14.2. The summed E-state index contributed by atoms with van der Waals surface area (Å²) in [6.07, 6.45) is 0. The van der Waals surface area contributed by atoms with Crippen LogP contribution in [0.15, 0.2) is 18.2 Å². The van der Waals surface area contributed by atoms with Crippen molar-refractivity contribution in [3.05, 3.63) is 29.6 Å². The molecule has 1 aliphatic rings. The predicted molar refractivity (Wildman–Crippen MR) is 64.6 cm³/mol. The lowest BCUT2D eigenvalue weighted by Gasteiger charge is -2.16. The number of amides is 1. The Morgan fingerprint density at radius 3 is 2.78 bits per heavy atom. The molecule has 0 radical (unpaired) electrons. The van der Waals surface area contributed by atoms with Crippen LogP contribution in [-0.2, 0) is 9.53 Å². The van der Waals surface area contributed by atoms with E-state index in [9.17, 15) is 14.0 Å². The van der Waals surface area contributed by atoms with Crippen LogP contribution in [0.1, 0.15) is 10.4 Å². The zero-order valence-corrected chi connectivity index (χ0v) is 10.2. The van der Waals surface area contributed by atoms with Crippen molar-refractivity contribution < 1.29 is 18.7 Å². The summed E-state index contributed by atoms with van der Waals surface area (Å²) in [5.74, 6) is -1.63. The molecule has 0 N–H and O–H groups in total. The van der Waals surface area contributed by atoms with Crippen molar-refractivity contribution in [3.8, 4) is 0 Å². The number of Topliss-reactive ketones (excluding diaryl/α,β-unsaturated/α-hetero) is 1. The second kappa shape index (κ2) is 5.46. The Bertz CT molecular complexity index is 492. The molecule has 1 amide bonds. The number of nitrogens with zero attached hydrogens (tertiary/aromatic N) is 1. The van der Waals surface area contributed by atoms with Gasteiger partial charge in [0, 0.05) is 12.4 Å². The summed E-state index contributed by atoms with van der Waals surface area (Å²) < 4.78 is 18.8. The van der Waals surface area contributed by atoms with Crippen molar-refractivity contribution >= 4 is 29.0 Å². The third-order valence-electron chi connectivity index (χ3n) is 2.62. The largest absolute Gasteiger partial charge is 0.378 e. The van der Waals surface area contributed by atoms with Crippen molar-refractivity contribution in [1.82, 2.24) is 0 Å². The van der Waals surface area contributed by atoms with E-state index in [2.05, 4.69) is 0 Å². The monoisotopic (exact) mass is 271 g/mol. The molecule has 96 valence electrons. The zero-order chi connectivity index (χ0) is 13.1. The average molecular weight is 272 g/mol. The number of hydrogen-bond acceptors (Lipinski definition) is 3. The fourth-order valence-corrected chi connectivity index (χ4v) is 1.95. The number of alkyl halides is 1. The van der Waals surface area contributed by atoms with Gasteiger partial charge in [0.1, 0.15) is 5.82 Å². The topological polar surface area (TPSA) is 46.6 Å². The van der Waals surface area contributed by atoms with Crippen LogP contribution in [0.2, 0.25) is 0 Å². The van der Waals surface area contributed by atoms with Gasteiger partial charge in [-0.1, -0.05) is 6.07 Å². The Morgan fingerprint density at radius 1 is 1.28 bits per heavy atom. The molecule has 0 spiro atoms. The molecule has 0 bridgehead atoms. The molecule has 1 aromatic rings. The Labute approximate surface area is 108 Å². The summed E-state index contributed by atoms with van der Waals surface area (Å²) in [4.78, 5) is 24.4. The number of carbonyl (C=O) groups excluding carboxylic acids is 2. The van der Waals surface area contributed by atoms with Crippen molar-refractivity contribution in [3.63, 3.8) is 0 Å². The summed E-state index contributed by atoms with van der Waals surface area (Å²) >= 11 is 5.44. The Kier molecular flexibility index (Phi) is 3.93. The van der Waals surface area contributed by atoms with E-state index in [1.807, 2.05) is 0 Å². The lowest BCUT2D eigenvalue weighted by molar-refractivity contribution is -0.114. The number of hydrogen-bond donors (Lipinski definition) is 0. The number of rotatable bonds is 5. The van der Waals surface area contributed by atoms with Crippen LogP contribution in [0.4, 0.5) is 10.1 Å². The van der Waals surface area contributed by atoms with Crippen LogP contribution >= 0.6 is 11.6 Å². The molecule has 0 atom stereocenters. The van der Waals surface area contributed by atoms with Crippen LogP contribution in [0.3, 0.4) is 0 Å². The lowest BCUT2D eigenvalue weighted by Crippen LogP contribution is -2.33. The number of carbonyl (C=O) groups is 2. The van der Waals surface area contributed by atoms with E-state index < -0.39 is 17.5 Å². The smallest absolute Gasteiger partial charge is 0.299 e. The minimum Gasteiger partial charge on any atom is -0.378 e. The number of para-hydroxylation sites is 1. The minimum absolute atomic E-state index is 0.0435. The van der Waals surface area contributed by atoms with E-state index in [1.165, 1.54) is 18.2 Å². The van der Waals surface area contributed by atoms with Crippen LogP contribution in [0.5, 0.6) is 0 Å². The fourth-order valence-electron chi connectivity index (χ4n) is 1.84. The molecule has 0 saturated heterocycles.